The molecule has 0 heterocycles. The molecule has 5 heteroatoms. The van der Waals surface area contributed by atoms with Crippen molar-refractivity contribution in [3.8, 4) is 0 Å². The van der Waals surface area contributed by atoms with Gasteiger partial charge in [0.1, 0.15) is 5.82 Å². The Morgan fingerprint density at radius 1 is 1.57 bits per heavy atom. The summed E-state index contributed by atoms with van der Waals surface area (Å²) >= 11 is 5.26. The number of halogens is 3. The molecule has 0 fully saturated rings. The molecule has 76 valence electrons. The lowest BCUT2D eigenvalue weighted by Crippen LogP contribution is -2.25. The fourth-order valence-corrected chi connectivity index (χ4v) is 1.53. The molecule has 1 amide bonds. The topological polar surface area (TPSA) is 29.1 Å². The van der Waals surface area contributed by atoms with Crippen LogP contribution in [0.5, 0.6) is 0 Å². The maximum Gasteiger partial charge on any atom is 0.254 e. The molecular weight excluding hydrogens is 364 g/mol. The molecule has 14 heavy (non-hydrogen) atoms. The third kappa shape index (κ3) is 3.20. The number of nitrogens with one attached hydrogen (secondary N) is 1. The maximum absolute atomic E-state index is 13.2. The van der Waals surface area contributed by atoms with Crippen molar-refractivity contribution >= 4 is 44.4 Å². The smallest absolute Gasteiger partial charge is 0.254 e. The molecule has 0 aromatic heterocycles. The van der Waals surface area contributed by atoms with E-state index in [4.69, 9.17) is 0 Å². The van der Waals surface area contributed by atoms with Gasteiger partial charge in [-0.05, 0) is 18.2 Å². The summed E-state index contributed by atoms with van der Waals surface area (Å²) in [4.78, 5) is 11.4. The quantitative estimate of drug-likeness (QED) is 0.642. The molecule has 1 aromatic rings. The van der Waals surface area contributed by atoms with Gasteiger partial charge < -0.3 is 5.32 Å². The highest BCUT2D eigenvalue weighted by Gasteiger charge is 2.10. The molecule has 1 N–H and O–H groups in total. The summed E-state index contributed by atoms with van der Waals surface area (Å²) in [6.45, 7) is 0.550. The number of rotatable bonds is 3. The minimum Gasteiger partial charge on any atom is -0.351 e. The fraction of sp³-hybridized carbons (Fsp3) is 0.222. The monoisotopic (exact) mass is 371 g/mol. The highest BCUT2D eigenvalue weighted by atomic mass is 127. The van der Waals surface area contributed by atoms with Crippen molar-refractivity contribution in [3.63, 3.8) is 0 Å². The second-order valence-corrected chi connectivity index (χ2v) is 4.56. The average molecular weight is 372 g/mol. The van der Waals surface area contributed by atoms with Crippen molar-refractivity contribution in [2.75, 3.05) is 11.0 Å². The first-order valence-electron chi connectivity index (χ1n) is 3.94. The van der Waals surface area contributed by atoms with Crippen LogP contribution in [0, 0.1) is 5.82 Å². The normalized spacial score (nSPS) is 9.93. The van der Waals surface area contributed by atoms with E-state index in [1.807, 2.05) is 0 Å². The van der Waals surface area contributed by atoms with Crippen LogP contribution in [-0.2, 0) is 0 Å². The standard InChI is InChI=1S/C9H8BrFINO/c10-6-1-2-7(8(11)5-6)9(14)13-4-3-12/h1-2,5H,3-4H2,(H,13,14). The lowest BCUT2D eigenvalue weighted by molar-refractivity contribution is 0.0952. The molecule has 1 rings (SSSR count). The molecule has 0 radical (unpaired) electrons. The van der Waals surface area contributed by atoms with Crippen molar-refractivity contribution < 1.29 is 9.18 Å². The third-order valence-corrected chi connectivity index (χ3v) is 2.59. The van der Waals surface area contributed by atoms with Gasteiger partial charge in [-0.2, -0.15) is 0 Å². The predicted octanol–water partition coefficient (Wildman–Crippen LogP) is 2.75. The molecule has 0 saturated heterocycles. The Bertz CT molecular complexity index is 346. The molecule has 0 saturated carbocycles. The van der Waals surface area contributed by atoms with Gasteiger partial charge in [0.15, 0.2) is 0 Å². The summed E-state index contributed by atoms with van der Waals surface area (Å²) < 4.78 is 14.7. The van der Waals surface area contributed by atoms with E-state index in [9.17, 15) is 9.18 Å². The van der Waals surface area contributed by atoms with Crippen LogP contribution in [0.3, 0.4) is 0 Å². The van der Waals surface area contributed by atoms with E-state index in [1.165, 1.54) is 12.1 Å². The first kappa shape index (κ1) is 11.9. The SMILES string of the molecule is O=C(NCCI)c1ccc(Br)cc1F. The summed E-state index contributed by atoms with van der Waals surface area (Å²) in [7, 11) is 0. The summed E-state index contributed by atoms with van der Waals surface area (Å²) in [5, 5.41) is 2.61. The Morgan fingerprint density at radius 2 is 2.29 bits per heavy atom. The van der Waals surface area contributed by atoms with E-state index in [2.05, 4.69) is 43.8 Å². The Kier molecular flexibility index (Phi) is 4.80. The van der Waals surface area contributed by atoms with Crippen molar-refractivity contribution in [1.29, 1.82) is 0 Å². The molecule has 0 spiro atoms. The number of hydrogen-bond donors (Lipinski definition) is 1. The number of benzene rings is 1. The van der Waals surface area contributed by atoms with Gasteiger partial charge >= 0.3 is 0 Å². The van der Waals surface area contributed by atoms with Gasteiger partial charge in [0, 0.05) is 15.4 Å². The van der Waals surface area contributed by atoms with Gasteiger partial charge in [0.2, 0.25) is 0 Å². The number of carbonyl (C=O) groups excluding carboxylic acids is 1. The van der Waals surface area contributed by atoms with Gasteiger partial charge in [-0.3, -0.25) is 4.79 Å². The Hall–Kier alpha value is -0.170. The van der Waals surface area contributed by atoms with Crippen LogP contribution in [0.15, 0.2) is 22.7 Å². The lowest BCUT2D eigenvalue weighted by Gasteiger charge is -2.04. The Morgan fingerprint density at radius 3 is 2.86 bits per heavy atom. The van der Waals surface area contributed by atoms with E-state index in [-0.39, 0.29) is 11.5 Å². The second-order valence-electron chi connectivity index (χ2n) is 2.57. The molecule has 0 aliphatic carbocycles. The van der Waals surface area contributed by atoms with Crippen LogP contribution in [-0.4, -0.2) is 16.9 Å². The van der Waals surface area contributed by atoms with Crippen molar-refractivity contribution in [1.82, 2.24) is 5.32 Å². The van der Waals surface area contributed by atoms with E-state index in [0.717, 1.165) is 4.43 Å². The number of amides is 1. The van der Waals surface area contributed by atoms with E-state index < -0.39 is 5.82 Å². The van der Waals surface area contributed by atoms with E-state index in [1.54, 1.807) is 6.07 Å². The molecule has 2 nitrogen and oxygen atoms in total. The molecule has 0 unspecified atom stereocenters. The molecule has 0 atom stereocenters. The number of hydrogen-bond acceptors (Lipinski definition) is 1. The van der Waals surface area contributed by atoms with Crippen molar-refractivity contribution in [2.24, 2.45) is 0 Å². The van der Waals surface area contributed by atoms with Crippen LogP contribution >= 0.6 is 38.5 Å². The van der Waals surface area contributed by atoms with E-state index in [0.29, 0.717) is 11.0 Å². The summed E-state index contributed by atoms with van der Waals surface area (Å²) in [5.41, 5.74) is 0.0815. The minimum atomic E-state index is -0.509. The molecular formula is C9H8BrFINO. The fourth-order valence-electron chi connectivity index (χ4n) is 0.930. The Labute approximate surface area is 104 Å². The van der Waals surface area contributed by atoms with Gasteiger partial charge in [-0.1, -0.05) is 38.5 Å². The third-order valence-electron chi connectivity index (χ3n) is 1.56. The van der Waals surface area contributed by atoms with Crippen LogP contribution in [0.1, 0.15) is 10.4 Å². The first-order valence-corrected chi connectivity index (χ1v) is 6.26. The molecule has 0 bridgehead atoms. The zero-order valence-corrected chi connectivity index (χ0v) is 10.9. The largest absolute Gasteiger partial charge is 0.351 e. The van der Waals surface area contributed by atoms with Gasteiger partial charge in [-0.15, -0.1) is 0 Å². The van der Waals surface area contributed by atoms with E-state index >= 15 is 0 Å². The second kappa shape index (κ2) is 5.65. The van der Waals surface area contributed by atoms with Gasteiger partial charge in [0.25, 0.3) is 5.91 Å². The highest BCUT2D eigenvalue weighted by molar-refractivity contribution is 14.1. The summed E-state index contributed by atoms with van der Waals surface area (Å²) in [6, 6.07) is 4.38. The van der Waals surface area contributed by atoms with Crippen LogP contribution < -0.4 is 5.32 Å². The summed E-state index contributed by atoms with van der Waals surface area (Å²) in [5.74, 6) is -0.878. The summed E-state index contributed by atoms with van der Waals surface area (Å²) in [6.07, 6.45) is 0. The molecule has 1 aromatic carbocycles. The molecule has 0 aliphatic heterocycles. The first-order chi connectivity index (χ1) is 6.65. The number of carbonyl (C=O) groups is 1. The Balaban J connectivity index is 2.80. The predicted molar refractivity (Wildman–Crippen MR) is 65.3 cm³/mol. The highest BCUT2D eigenvalue weighted by Crippen LogP contribution is 2.14. The number of alkyl halides is 1. The minimum absolute atomic E-state index is 0.0815. The van der Waals surface area contributed by atoms with Crippen LogP contribution in [0.25, 0.3) is 0 Å². The molecule has 0 aliphatic rings. The maximum atomic E-state index is 13.2. The van der Waals surface area contributed by atoms with Crippen molar-refractivity contribution in [2.45, 2.75) is 0 Å². The lowest BCUT2D eigenvalue weighted by atomic mass is 10.2. The zero-order valence-electron chi connectivity index (χ0n) is 7.19. The van der Waals surface area contributed by atoms with Crippen LogP contribution in [0.4, 0.5) is 4.39 Å². The zero-order chi connectivity index (χ0) is 10.6. The average Bonchev–Trinajstić information content (AvgIpc) is 2.14. The van der Waals surface area contributed by atoms with Crippen molar-refractivity contribution in [3.05, 3.63) is 34.1 Å². The van der Waals surface area contributed by atoms with Crippen LogP contribution in [0.2, 0.25) is 0 Å². The van der Waals surface area contributed by atoms with Gasteiger partial charge in [0.05, 0.1) is 5.56 Å². The van der Waals surface area contributed by atoms with Gasteiger partial charge in [-0.25, -0.2) is 4.39 Å².